The summed E-state index contributed by atoms with van der Waals surface area (Å²) in [6, 6.07) is -3.35. The number of nitrogens with one attached hydrogen (secondary N) is 3. The average molecular weight is 701 g/mol. The van der Waals surface area contributed by atoms with Crippen LogP contribution < -0.4 is 21.7 Å². The van der Waals surface area contributed by atoms with Gasteiger partial charge in [0.25, 0.3) is 5.91 Å². The Balaban J connectivity index is 1.36. The zero-order chi connectivity index (χ0) is 37.0. The first-order valence-corrected chi connectivity index (χ1v) is 19.0. The number of carbonyl (C=O) groups excluding carboxylic acids is 5. The molecule has 5 aliphatic rings. The Bertz CT molecular complexity index is 1350. The Hall–Kier alpha value is -2.73. The lowest BCUT2D eigenvalue weighted by atomic mass is 9.73. The number of urea groups is 1. The molecule has 5 N–H and O–H groups in total. The van der Waals surface area contributed by atoms with Crippen molar-refractivity contribution in [2.24, 2.45) is 39.2 Å². The minimum absolute atomic E-state index is 0.0580. The Morgan fingerprint density at radius 1 is 0.920 bits per heavy atom. The molecule has 50 heavy (non-hydrogen) atoms. The second-order valence-electron chi connectivity index (χ2n) is 18.8. The predicted molar refractivity (Wildman–Crippen MR) is 191 cm³/mol. The first-order chi connectivity index (χ1) is 23.1. The van der Waals surface area contributed by atoms with Crippen LogP contribution in [0.25, 0.3) is 0 Å². The van der Waals surface area contributed by atoms with Crippen molar-refractivity contribution in [2.75, 3.05) is 32.8 Å². The van der Waals surface area contributed by atoms with Crippen molar-refractivity contribution in [2.45, 2.75) is 143 Å². The second-order valence-corrected chi connectivity index (χ2v) is 18.8. The van der Waals surface area contributed by atoms with Crippen LogP contribution in [-0.2, 0) is 23.9 Å². The summed E-state index contributed by atoms with van der Waals surface area (Å²) in [4.78, 5) is 71.7. The van der Waals surface area contributed by atoms with E-state index >= 15 is 0 Å². The van der Waals surface area contributed by atoms with Gasteiger partial charge in [-0.2, -0.15) is 0 Å². The molecule has 2 heterocycles. The first-order valence-electron chi connectivity index (χ1n) is 19.0. The number of ketones is 1. The molecule has 0 aromatic heterocycles. The number of morpholine rings is 1. The van der Waals surface area contributed by atoms with E-state index in [0.29, 0.717) is 32.5 Å². The summed E-state index contributed by atoms with van der Waals surface area (Å²) in [6.07, 6.45) is 7.01. The number of primary amides is 1. The third-order valence-electron chi connectivity index (χ3n) is 13.5. The monoisotopic (exact) mass is 700 g/mol. The molecule has 2 aliphatic heterocycles. The molecule has 2 spiro atoms. The fraction of sp³-hybridized carbons (Fsp3) is 0.868. The Morgan fingerprint density at radius 2 is 1.58 bits per heavy atom. The zero-order valence-corrected chi connectivity index (χ0v) is 32.1. The van der Waals surface area contributed by atoms with E-state index in [9.17, 15) is 24.0 Å². The molecular formula is C38H64N6O6. The van der Waals surface area contributed by atoms with Crippen molar-refractivity contribution in [3.8, 4) is 0 Å². The van der Waals surface area contributed by atoms with Crippen molar-refractivity contribution < 1.29 is 28.7 Å². The maximum absolute atomic E-state index is 14.8. The number of hydrogen-bond acceptors (Lipinski definition) is 7. The van der Waals surface area contributed by atoms with Gasteiger partial charge in [-0.3, -0.25) is 24.1 Å². The molecule has 2 saturated heterocycles. The van der Waals surface area contributed by atoms with Crippen molar-refractivity contribution in [3.05, 3.63) is 0 Å². The highest BCUT2D eigenvalue weighted by Crippen LogP contribution is 2.88. The molecule has 5 amide bonds. The first kappa shape index (κ1) is 38.5. The molecule has 0 aromatic rings. The zero-order valence-electron chi connectivity index (χ0n) is 32.1. The van der Waals surface area contributed by atoms with Gasteiger partial charge in [-0.1, -0.05) is 74.1 Å². The number of hydrogen-bond donors (Lipinski definition) is 4. The quantitative estimate of drug-likeness (QED) is 0.227. The van der Waals surface area contributed by atoms with Gasteiger partial charge in [-0.15, -0.1) is 0 Å². The number of ether oxygens (including phenoxy) is 1. The highest BCUT2D eigenvalue weighted by atomic mass is 16.5. The number of carbonyl (C=O) groups is 5. The van der Waals surface area contributed by atoms with Crippen molar-refractivity contribution in [1.82, 2.24) is 25.8 Å². The number of likely N-dealkylation sites (tertiary alicyclic amines) is 1. The highest BCUT2D eigenvalue weighted by Gasteiger charge is 2.85. The van der Waals surface area contributed by atoms with Crippen LogP contribution in [0.2, 0.25) is 0 Å². The predicted octanol–water partition coefficient (Wildman–Crippen LogP) is 3.36. The van der Waals surface area contributed by atoms with Gasteiger partial charge in [0.15, 0.2) is 0 Å². The molecule has 282 valence electrons. The fourth-order valence-electron chi connectivity index (χ4n) is 9.92. The highest BCUT2D eigenvalue weighted by molar-refractivity contribution is 6.37. The van der Waals surface area contributed by atoms with E-state index in [-0.39, 0.29) is 45.6 Å². The van der Waals surface area contributed by atoms with Gasteiger partial charge in [-0.25, -0.2) is 4.79 Å². The smallest absolute Gasteiger partial charge is 0.315 e. The summed E-state index contributed by atoms with van der Waals surface area (Å²) in [5.41, 5.74) is 4.23. The lowest BCUT2D eigenvalue weighted by molar-refractivity contribution is -0.143. The number of fused-ring (bicyclic) bond motifs is 1. The second kappa shape index (κ2) is 13.7. The molecule has 0 bridgehead atoms. The minimum Gasteiger partial charge on any atom is -0.373 e. The van der Waals surface area contributed by atoms with Crippen LogP contribution in [0.3, 0.4) is 0 Å². The molecule has 3 saturated carbocycles. The normalized spacial score (nSPS) is 28.7. The third-order valence-corrected chi connectivity index (χ3v) is 13.5. The third kappa shape index (κ3) is 7.04. The van der Waals surface area contributed by atoms with Gasteiger partial charge in [0.1, 0.15) is 12.1 Å². The van der Waals surface area contributed by atoms with Crippen LogP contribution in [0.4, 0.5) is 4.79 Å². The van der Waals surface area contributed by atoms with Crippen LogP contribution in [0.15, 0.2) is 0 Å². The molecular weight excluding hydrogens is 636 g/mol. The van der Waals surface area contributed by atoms with E-state index in [0.717, 1.165) is 51.6 Å². The molecule has 5 rings (SSSR count). The number of rotatable bonds is 12. The van der Waals surface area contributed by atoms with Gasteiger partial charge < -0.3 is 31.3 Å². The van der Waals surface area contributed by atoms with E-state index < -0.39 is 47.2 Å². The van der Waals surface area contributed by atoms with Gasteiger partial charge in [0, 0.05) is 37.6 Å². The van der Waals surface area contributed by atoms with E-state index in [1.807, 2.05) is 20.8 Å². The van der Waals surface area contributed by atoms with E-state index in [1.54, 1.807) is 4.90 Å². The van der Waals surface area contributed by atoms with Crippen LogP contribution in [-0.4, -0.2) is 102 Å². The molecule has 0 aromatic carbocycles. The number of amides is 5. The lowest BCUT2D eigenvalue weighted by Crippen LogP contribution is -2.61. The maximum Gasteiger partial charge on any atom is 0.315 e. The summed E-state index contributed by atoms with van der Waals surface area (Å²) in [5, 5.41) is 9.08. The van der Waals surface area contributed by atoms with Crippen molar-refractivity contribution in [1.29, 1.82) is 0 Å². The molecule has 12 nitrogen and oxygen atoms in total. The lowest BCUT2D eigenvalue weighted by Gasteiger charge is -2.40. The van der Waals surface area contributed by atoms with Gasteiger partial charge in [0.05, 0.1) is 18.2 Å². The average Bonchev–Trinajstić information content (AvgIpc) is 3.18. The van der Waals surface area contributed by atoms with E-state index in [1.165, 1.54) is 0 Å². The Kier molecular flexibility index (Phi) is 10.5. The summed E-state index contributed by atoms with van der Waals surface area (Å²) in [5.74, 6) is -2.22. The van der Waals surface area contributed by atoms with Crippen LogP contribution >= 0.6 is 0 Å². The molecule has 3 aliphatic carbocycles. The summed E-state index contributed by atoms with van der Waals surface area (Å²) in [6.45, 7) is 21.8. The standard InChI is InChI=1S/C38H64N6O6/c1-23(2)26(20-43-16-17-50-35(6,7)21-43)41-33(49)42-29(34(3,4)5)32(48)44-22-38(36(8,9)37(38)14-11-15-37)19-27(44)31(47)40-25(28(45)30(39)46)18-24-12-10-13-24/h23-27,29H,10-22H2,1-9H3,(H2,39,46)(H,40,47)(H2,41,42,49)/t25?,26?,27?,29-,38?/m0/s1. The number of Topliss-reactive ketones (excluding diaryl/α,β-unsaturated/α-hetero) is 1. The van der Waals surface area contributed by atoms with Crippen LogP contribution in [0.5, 0.6) is 0 Å². The fourth-order valence-corrected chi connectivity index (χ4v) is 9.92. The minimum atomic E-state index is -1.07. The Labute approximate surface area is 299 Å². The van der Waals surface area contributed by atoms with Crippen LogP contribution in [0, 0.1) is 33.5 Å². The molecule has 12 heteroatoms. The van der Waals surface area contributed by atoms with Gasteiger partial charge in [0.2, 0.25) is 17.6 Å². The van der Waals surface area contributed by atoms with Crippen molar-refractivity contribution >= 4 is 29.5 Å². The largest absolute Gasteiger partial charge is 0.373 e. The molecule has 4 unspecified atom stereocenters. The number of nitrogens with zero attached hydrogens (tertiary/aromatic N) is 2. The molecule has 5 fully saturated rings. The maximum atomic E-state index is 14.8. The van der Waals surface area contributed by atoms with E-state index in [4.69, 9.17) is 10.5 Å². The summed E-state index contributed by atoms with van der Waals surface area (Å²) in [7, 11) is 0. The topological polar surface area (TPSA) is 163 Å². The Morgan fingerprint density at radius 3 is 2.06 bits per heavy atom. The molecule has 0 radical (unpaired) electrons. The van der Waals surface area contributed by atoms with Crippen LogP contribution in [0.1, 0.15) is 114 Å². The van der Waals surface area contributed by atoms with Gasteiger partial charge >= 0.3 is 6.03 Å². The SMILES string of the molecule is CC(C)C(CN1CCOC(C)(C)C1)NC(=O)N[C@@H](C(=O)N1CC2(CC1C(=O)NC(CC1CCC1)C(=O)C(N)=O)C(C)(C)C21CCC1)C(C)(C)C. The summed E-state index contributed by atoms with van der Waals surface area (Å²) >= 11 is 0. The van der Waals surface area contributed by atoms with Crippen molar-refractivity contribution in [3.63, 3.8) is 0 Å². The van der Waals surface area contributed by atoms with Gasteiger partial charge in [-0.05, 0) is 67.6 Å². The summed E-state index contributed by atoms with van der Waals surface area (Å²) < 4.78 is 5.88. The molecule has 5 atom stereocenters. The van der Waals surface area contributed by atoms with E-state index in [2.05, 4.69) is 62.4 Å². The number of nitrogens with two attached hydrogens (primary N) is 1.